The van der Waals surface area contributed by atoms with Crippen molar-refractivity contribution in [3.63, 3.8) is 0 Å². The Balaban J connectivity index is 2.40. The Labute approximate surface area is 125 Å². The number of carbonyl (C=O) groups excluding carboxylic acids is 3. The van der Waals surface area contributed by atoms with Crippen LogP contribution in [0.4, 0.5) is 0 Å². The van der Waals surface area contributed by atoms with Crippen LogP contribution in [0, 0.1) is 0 Å². The summed E-state index contributed by atoms with van der Waals surface area (Å²) in [6, 6.07) is 7.08. The maximum atomic E-state index is 12.1. The average Bonchev–Trinajstić information content (AvgIpc) is 2.50. The van der Waals surface area contributed by atoms with Crippen molar-refractivity contribution in [2.45, 2.75) is 18.7 Å². The molecule has 2 atom stereocenters. The molecule has 8 nitrogen and oxygen atoms in total. The third-order valence-electron chi connectivity index (χ3n) is 3.23. The molecule has 22 heavy (non-hydrogen) atoms. The summed E-state index contributed by atoms with van der Waals surface area (Å²) >= 11 is 0. The van der Waals surface area contributed by atoms with Crippen LogP contribution in [0.15, 0.2) is 30.3 Å². The zero-order valence-corrected chi connectivity index (χ0v) is 11.5. The number of carboxylic acid groups (broad SMARTS) is 1. The molecule has 2 rings (SSSR count). The summed E-state index contributed by atoms with van der Waals surface area (Å²) in [5.41, 5.74) is 0.466. The van der Waals surface area contributed by atoms with Gasteiger partial charge < -0.3 is 15.2 Å². The Hall–Kier alpha value is -2.90. The van der Waals surface area contributed by atoms with E-state index in [0.29, 0.717) is 5.56 Å². The lowest BCUT2D eigenvalue weighted by atomic mass is 10.1. The molecule has 1 unspecified atom stereocenters. The van der Waals surface area contributed by atoms with Crippen LogP contribution in [-0.2, 0) is 23.9 Å². The maximum absolute atomic E-state index is 12.1. The molecule has 1 saturated heterocycles. The zero-order chi connectivity index (χ0) is 16.1. The monoisotopic (exact) mass is 306 g/mol. The molecule has 1 aromatic carbocycles. The molecular weight excluding hydrogens is 292 g/mol. The second-order valence-corrected chi connectivity index (χ2v) is 4.63. The average molecular weight is 306 g/mol. The molecule has 8 heteroatoms. The Morgan fingerprint density at radius 1 is 1.41 bits per heavy atom. The van der Waals surface area contributed by atoms with Gasteiger partial charge in [-0.2, -0.15) is 0 Å². The van der Waals surface area contributed by atoms with E-state index in [0.717, 1.165) is 4.90 Å². The molecule has 1 aliphatic heterocycles. The van der Waals surface area contributed by atoms with Gasteiger partial charge >= 0.3 is 5.97 Å². The Bertz CT molecular complexity index is 588. The highest BCUT2D eigenvalue weighted by molar-refractivity contribution is 5.96. The standard InChI is InChI=1S/C14H14N2O6/c17-8-22-14(9-4-2-1-3-5-9)16-10(6-12(19)20)13(21)15-7-11(16)18/h1-5,8,10,14H,6-7H2,(H,15,21)(H,19,20)/t10-,14?/m0/s1. The van der Waals surface area contributed by atoms with Gasteiger partial charge in [0.2, 0.25) is 18.0 Å². The first-order chi connectivity index (χ1) is 10.5. The number of benzene rings is 1. The van der Waals surface area contributed by atoms with Crippen LogP contribution in [0.3, 0.4) is 0 Å². The van der Waals surface area contributed by atoms with Gasteiger partial charge in [-0.3, -0.25) is 24.1 Å². The summed E-state index contributed by atoms with van der Waals surface area (Å²) in [5.74, 6) is -2.36. The van der Waals surface area contributed by atoms with E-state index in [1.54, 1.807) is 30.3 Å². The first-order valence-electron chi connectivity index (χ1n) is 6.49. The molecule has 0 saturated carbocycles. The Morgan fingerprint density at radius 2 is 2.09 bits per heavy atom. The minimum absolute atomic E-state index is 0.162. The normalized spacial score (nSPS) is 19.3. The van der Waals surface area contributed by atoms with Crippen LogP contribution in [0.5, 0.6) is 0 Å². The lowest BCUT2D eigenvalue weighted by molar-refractivity contribution is -0.169. The molecule has 1 aromatic rings. The minimum Gasteiger partial charge on any atom is -0.481 e. The second kappa shape index (κ2) is 6.70. The van der Waals surface area contributed by atoms with E-state index >= 15 is 0 Å². The van der Waals surface area contributed by atoms with Crippen LogP contribution in [0.1, 0.15) is 18.2 Å². The molecule has 0 spiro atoms. The van der Waals surface area contributed by atoms with Gasteiger partial charge in [0.1, 0.15) is 6.04 Å². The number of piperazine rings is 1. The fourth-order valence-electron chi connectivity index (χ4n) is 2.30. The van der Waals surface area contributed by atoms with Gasteiger partial charge in [0.15, 0.2) is 0 Å². The van der Waals surface area contributed by atoms with Gasteiger partial charge in [-0.25, -0.2) is 0 Å². The number of nitrogens with one attached hydrogen (secondary N) is 1. The Kier molecular flexibility index (Phi) is 4.72. The molecule has 0 bridgehead atoms. The molecule has 116 valence electrons. The number of ether oxygens (including phenoxy) is 1. The van der Waals surface area contributed by atoms with E-state index in [-0.39, 0.29) is 13.0 Å². The third-order valence-corrected chi connectivity index (χ3v) is 3.23. The number of carbonyl (C=O) groups is 4. The van der Waals surface area contributed by atoms with Crippen LogP contribution in [0.2, 0.25) is 0 Å². The lowest BCUT2D eigenvalue weighted by Gasteiger charge is -2.38. The van der Waals surface area contributed by atoms with Crippen LogP contribution in [-0.4, -0.2) is 46.8 Å². The van der Waals surface area contributed by atoms with Gasteiger partial charge in [-0.05, 0) is 0 Å². The van der Waals surface area contributed by atoms with E-state index in [4.69, 9.17) is 9.84 Å². The fourth-order valence-corrected chi connectivity index (χ4v) is 2.30. The Morgan fingerprint density at radius 3 is 2.68 bits per heavy atom. The predicted octanol–water partition coefficient (Wildman–Crippen LogP) is -0.340. The zero-order valence-electron chi connectivity index (χ0n) is 11.5. The third kappa shape index (κ3) is 3.22. The summed E-state index contributed by atoms with van der Waals surface area (Å²) < 4.78 is 4.95. The molecule has 1 fully saturated rings. The van der Waals surface area contributed by atoms with E-state index < -0.39 is 36.5 Å². The van der Waals surface area contributed by atoms with Gasteiger partial charge in [0.25, 0.3) is 6.47 Å². The summed E-state index contributed by atoms with van der Waals surface area (Å²) in [4.78, 5) is 46.8. The van der Waals surface area contributed by atoms with Crippen molar-refractivity contribution in [1.82, 2.24) is 10.2 Å². The minimum atomic E-state index is -1.25. The number of carboxylic acids is 1. The van der Waals surface area contributed by atoms with E-state index in [1.165, 1.54) is 0 Å². The molecule has 0 radical (unpaired) electrons. The predicted molar refractivity (Wildman–Crippen MR) is 72.2 cm³/mol. The number of rotatable bonds is 6. The molecule has 1 aliphatic rings. The SMILES string of the molecule is O=COC(c1ccccc1)N1C(=O)CNC(=O)[C@@H]1CC(=O)O. The number of aliphatic carboxylic acids is 1. The molecule has 1 heterocycles. The van der Waals surface area contributed by atoms with Gasteiger partial charge in [0, 0.05) is 5.56 Å². The number of amides is 2. The maximum Gasteiger partial charge on any atom is 0.305 e. The second-order valence-electron chi connectivity index (χ2n) is 4.63. The fraction of sp³-hybridized carbons (Fsp3) is 0.286. The van der Waals surface area contributed by atoms with E-state index in [2.05, 4.69) is 5.32 Å². The van der Waals surface area contributed by atoms with Crippen molar-refractivity contribution < 1.29 is 29.0 Å². The van der Waals surface area contributed by atoms with Crippen molar-refractivity contribution >= 4 is 24.3 Å². The summed E-state index contributed by atoms with van der Waals surface area (Å²) in [6.45, 7) is -0.115. The molecule has 2 amide bonds. The molecule has 0 aliphatic carbocycles. The van der Waals surface area contributed by atoms with E-state index in [9.17, 15) is 19.2 Å². The quantitative estimate of drug-likeness (QED) is 0.695. The molecular formula is C14H14N2O6. The number of hydrogen-bond donors (Lipinski definition) is 2. The summed E-state index contributed by atoms with van der Waals surface area (Å²) in [7, 11) is 0. The van der Waals surface area contributed by atoms with Crippen molar-refractivity contribution in [3.8, 4) is 0 Å². The van der Waals surface area contributed by atoms with Gasteiger partial charge in [0.05, 0.1) is 13.0 Å². The van der Waals surface area contributed by atoms with Crippen molar-refractivity contribution in [1.29, 1.82) is 0 Å². The highest BCUT2D eigenvalue weighted by atomic mass is 16.5. The largest absolute Gasteiger partial charge is 0.481 e. The van der Waals surface area contributed by atoms with Gasteiger partial charge in [-0.1, -0.05) is 30.3 Å². The highest BCUT2D eigenvalue weighted by Crippen LogP contribution is 2.26. The van der Waals surface area contributed by atoms with Crippen molar-refractivity contribution in [3.05, 3.63) is 35.9 Å². The first kappa shape index (κ1) is 15.5. The molecule has 2 N–H and O–H groups in total. The van der Waals surface area contributed by atoms with Gasteiger partial charge in [-0.15, -0.1) is 0 Å². The highest BCUT2D eigenvalue weighted by Gasteiger charge is 2.41. The topological polar surface area (TPSA) is 113 Å². The summed E-state index contributed by atoms with van der Waals surface area (Å²) in [5, 5.41) is 11.3. The van der Waals surface area contributed by atoms with Crippen molar-refractivity contribution in [2.24, 2.45) is 0 Å². The van der Waals surface area contributed by atoms with Crippen LogP contribution >= 0.6 is 0 Å². The summed E-state index contributed by atoms with van der Waals surface area (Å²) in [6.07, 6.45) is -1.73. The van der Waals surface area contributed by atoms with Crippen LogP contribution in [0.25, 0.3) is 0 Å². The number of nitrogens with zero attached hydrogens (tertiary/aromatic N) is 1. The first-order valence-corrected chi connectivity index (χ1v) is 6.49. The smallest absolute Gasteiger partial charge is 0.305 e. The molecule has 0 aromatic heterocycles. The van der Waals surface area contributed by atoms with E-state index in [1.807, 2.05) is 0 Å². The number of hydrogen-bond acceptors (Lipinski definition) is 5. The van der Waals surface area contributed by atoms with Crippen molar-refractivity contribution in [2.75, 3.05) is 6.54 Å². The van der Waals surface area contributed by atoms with Crippen LogP contribution < -0.4 is 5.32 Å². The lowest BCUT2D eigenvalue weighted by Crippen LogP contribution is -2.60.